The second-order valence-electron chi connectivity index (χ2n) is 5.24. The summed E-state index contributed by atoms with van der Waals surface area (Å²) in [5.74, 6) is 0.107. The van der Waals surface area contributed by atoms with Crippen LogP contribution in [0.4, 0.5) is 0 Å². The number of Topliss-reactive ketones (excluding diaryl/α,β-unsaturated/α-hetero) is 1. The molecular formula is C18H18ClNO4. The van der Waals surface area contributed by atoms with Crippen molar-refractivity contribution in [3.8, 4) is 11.5 Å². The van der Waals surface area contributed by atoms with E-state index in [-0.39, 0.29) is 18.6 Å². The van der Waals surface area contributed by atoms with Crippen molar-refractivity contribution in [3.05, 3.63) is 58.1 Å². The van der Waals surface area contributed by atoms with Gasteiger partial charge in [0.25, 0.3) is 0 Å². The molecule has 0 unspecified atom stereocenters. The first-order chi connectivity index (χ1) is 11.4. The molecule has 0 aliphatic carbocycles. The number of carbonyl (C=O) groups is 2. The molecule has 0 heterocycles. The fourth-order valence-corrected chi connectivity index (χ4v) is 2.70. The maximum Gasteiger partial charge on any atom is 0.221 e. The third-order valence-electron chi connectivity index (χ3n) is 3.51. The first-order valence-electron chi connectivity index (χ1n) is 7.25. The van der Waals surface area contributed by atoms with Gasteiger partial charge in [-0.2, -0.15) is 0 Å². The summed E-state index contributed by atoms with van der Waals surface area (Å²) in [5.41, 5.74) is 6.88. The van der Waals surface area contributed by atoms with Gasteiger partial charge in [0.15, 0.2) is 5.78 Å². The largest absolute Gasteiger partial charge is 0.497 e. The lowest BCUT2D eigenvalue weighted by Crippen LogP contribution is -2.18. The Morgan fingerprint density at radius 2 is 1.83 bits per heavy atom. The van der Waals surface area contributed by atoms with E-state index in [0.29, 0.717) is 27.6 Å². The Hall–Kier alpha value is -2.53. The van der Waals surface area contributed by atoms with Crippen molar-refractivity contribution in [2.24, 2.45) is 5.73 Å². The van der Waals surface area contributed by atoms with Crippen molar-refractivity contribution in [3.63, 3.8) is 0 Å². The normalized spacial score (nSPS) is 10.3. The van der Waals surface area contributed by atoms with Crippen LogP contribution in [-0.4, -0.2) is 25.9 Å². The molecule has 24 heavy (non-hydrogen) atoms. The quantitative estimate of drug-likeness (QED) is 0.781. The fourth-order valence-electron chi connectivity index (χ4n) is 2.49. The molecule has 0 fully saturated rings. The molecule has 0 spiro atoms. The minimum atomic E-state index is -0.540. The summed E-state index contributed by atoms with van der Waals surface area (Å²) in [7, 11) is 2.95. The van der Waals surface area contributed by atoms with Gasteiger partial charge < -0.3 is 15.2 Å². The van der Waals surface area contributed by atoms with Crippen LogP contribution in [0.1, 0.15) is 21.5 Å². The van der Waals surface area contributed by atoms with Crippen molar-refractivity contribution in [2.45, 2.75) is 12.8 Å². The zero-order chi connectivity index (χ0) is 17.7. The highest BCUT2D eigenvalue weighted by Crippen LogP contribution is 2.30. The van der Waals surface area contributed by atoms with Crippen LogP contribution in [0.3, 0.4) is 0 Å². The van der Waals surface area contributed by atoms with E-state index in [1.807, 2.05) is 6.07 Å². The Balaban J connectivity index is 2.45. The van der Waals surface area contributed by atoms with Crippen LogP contribution in [0.2, 0.25) is 5.02 Å². The molecule has 2 N–H and O–H groups in total. The number of nitrogens with two attached hydrogens (primary N) is 1. The Morgan fingerprint density at radius 3 is 2.42 bits per heavy atom. The standard InChI is InChI=1S/C18H18ClNO4/c1-23-14-8-12(9-17(20)22)18(16(10-14)24-2)15(21)7-11-4-3-5-13(19)6-11/h3-6,8,10H,7,9H2,1-2H3,(H2,20,22). The van der Waals surface area contributed by atoms with Crippen LogP contribution in [0.5, 0.6) is 11.5 Å². The Morgan fingerprint density at radius 1 is 1.08 bits per heavy atom. The number of ketones is 1. The van der Waals surface area contributed by atoms with E-state index in [9.17, 15) is 9.59 Å². The van der Waals surface area contributed by atoms with Crippen LogP contribution < -0.4 is 15.2 Å². The lowest BCUT2D eigenvalue weighted by Gasteiger charge is -2.14. The first kappa shape index (κ1) is 17.8. The number of benzene rings is 2. The van der Waals surface area contributed by atoms with Gasteiger partial charge in [0.1, 0.15) is 11.5 Å². The van der Waals surface area contributed by atoms with Crippen LogP contribution in [0.25, 0.3) is 0 Å². The van der Waals surface area contributed by atoms with Gasteiger partial charge in [-0.3, -0.25) is 9.59 Å². The van der Waals surface area contributed by atoms with Crippen molar-refractivity contribution in [2.75, 3.05) is 14.2 Å². The molecule has 2 aromatic rings. The second kappa shape index (κ2) is 7.84. The Labute approximate surface area is 145 Å². The average Bonchev–Trinajstić information content (AvgIpc) is 2.53. The van der Waals surface area contributed by atoms with E-state index in [1.165, 1.54) is 14.2 Å². The fraction of sp³-hybridized carbons (Fsp3) is 0.222. The summed E-state index contributed by atoms with van der Waals surface area (Å²) in [6, 6.07) is 10.3. The molecule has 5 nitrogen and oxygen atoms in total. The second-order valence-corrected chi connectivity index (χ2v) is 5.67. The smallest absolute Gasteiger partial charge is 0.221 e. The molecule has 0 aliphatic rings. The van der Waals surface area contributed by atoms with Crippen molar-refractivity contribution in [1.82, 2.24) is 0 Å². The summed E-state index contributed by atoms with van der Waals surface area (Å²) in [6.45, 7) is 0. The molecule has 0 atom stereocenters. The predicted octanol–water partition coefficient (Wildman–Crippen LogP) is 2.81. The summed E-state index contributed by atoms with van der Waals surface area (Å²) < 4.78 is 10.5. The summed E-state index contributed by atoms with van der Waals surface area (Å²) in [4.78, 5) is 24.1. The molecule has 6 heteroatoms. The van der Waals surface area contributed by atoms with Gasteiger partial charge in [-0.15, -0.1) is 0 Å². The van der Waals surface area contributed by atoms with Crippen LogP contribution in [0, 0.1) is 0 Å². The lowest BCUT2D eigenvalue weighted by atomic mass is 9.95. The molecule has 0 aliphatic heterocycles. The van der Waals surface area contributed by atoms with Gasteiger partial charge in [0.05, 0.1) is 26.2 Å². The van der Waals surface area contributed by atoms with Crippen molar-refractivity contribution < 1.29 is 19.1 Å². The van der Waals surface area contributed by atoms with Gasteiger partial charge in [0.2, 0.25) is 5.91 Å². The van der Waals surface area contributed by atoms with Gasteiger partial charge in [-0.05, 0) is 29.3 Å². The number of halogens is 1. The molecule has 1 amide bonds. The minimum Gasteiger partial charge on any atom is -0.497 e. The monoisotopic (exact) mass is 347 g/mol. The molecule has 126 valence electrons. The first-order valence-corrected chi connectivity index (χ1v) is 7.63. The Kier molecular flexibility index (Phi) is 5.82. The summed E-state index contributed by atoms with van der Waals surface area (Å²) >= 11 is 5.96. The molecule has 0 bridgehead atoms. The highest BCUT2D eigenvalue weighted by atomic mass is 35.5. The average molecular weight is 348 g/mol. The van der Waals surface area contributed by atoms with E-state index in [0.717, 1.165) is 5.56 Å². The van der Waals surface area contributed by atoms with Crippen LogP contribution in [0.15, 0.2) is 36.4 Å². The number of carbonyl (C=O) groups excluding carboxylic acids is 2. The SMILES string of the molecule is COc1cc(CC(N)=O)c(C(=O)Cc2cccc(Cl)c2)c(OC)c1. The molecule has 2 rings (SSSR count). The minimum absolute atomic E-state index is 0.0792. The van der Waals surface area contributed by atoms with Crippen molar-refractivity contribution in [1.29, 1.82) is 0 Å². The third-order valence-corrected chi connectivity index (χ3v) is 3.75. The van der Waals surface area contributed by atoms with Crippen molar-refractivity contribution >= 4 is 23.3 Å². The van der Waals surface area contributed by atoms with E-state index in [2.05, 4.69) is 0 Å². The zero-order valence-corrected chi connectivity index (χ0v) is 14.2. The zero-order valence-electron chi connectivity index (χ0n) is 13.5. The van der Waals surface area contributed by atoms with Gasteiger partial charge in [0, 0.05) is 17.5 Å². The van der Waals surface area contributed by atoms with E-state index in [4.69, 9.17) is 26.8 Å². The van der Waals surface area contributed by atoms with Gasteiger partial charge in [-0.25, -0.2) is 0 Å². The van der Waals surface area contributed by atoms with Crippen LogP contribution in [-0.2, 0) is 17.6 Å². The number of primary amides is 1. The van der Waals surface area contributed by atoms with E-state index >= 15 is 0 Å². The number of methoxy groups -OCH3 is 2. The molecule has 0 radical (unpaired) electrons. The van der Waals surface area contributed by atoms with E-state index in [1.54, 1.807) is 30.3 Å². The topological polar surface area (TPSA) is 78.6 Å². The van der Waals surface area contributed by atoms with Gasteiger partial charge >= 0.3 is 0 Å². The molecule has 0 saturated carbocycles. The maximum absolute atomic E-state index is 12.8. The van der Waals surface area contributed by atoms with E-state index < -0.39 is 5.91 Å². The predicted molar refractivity (Wildman–Crippen MR) is 91.9 cm³/mol. The third kappa shape index (κ3) is 4.26. The molecule has 0 saturated heterocycles. The number of hydrogen-bond acceptors (Lipinski definition) is 4. The van der Waals surface area contributed by atoms with Gasteiger partial charge in [-0.1, -0.05) is 23.7 Å². The highest BCUT2D eigenvalue weighted by Gasteiger charge is 2.20. The Bertz CT molecular complexity index is 774. The summed E-state index contributed by atoms with van der Waals surface area (Å²) in [6.07, 6.45) is 0.0548. The highest BCUT2D eigenvalue weighted by molar-refractivity contribution is 6.30. The molecule has 0 aromatic heterocycles. The maximum atomic E-state index is 12.8. The summed E-state index contributed by atoms with van der Waals surface area (Å²) in [5, 5.41) is 0.555. The number of amides is 1. The number of ether oxygens (including phenoxy) is 2. The number of hydrogen-bond donors (Lipinski definition) is 1. The molecular weight excluding hydrogens is 330 g/mol. The lowest BCUT2D eigenvalue weighted by molar-refractivity contribution is -0.117. The molecule has 2 aromatic carbocycles. The number of rotatable bonds is 7. The van der Waals surface area contributed by atoms with Crippen LogP contribution >= 0.6 is 11.6 Å².